The van der Waals surface area contributed by atoms with E-state index in [1.54, 1.807) is 17.5 Å². The molecule has 0 saturated carbocycles. The average Bonchev–Trinajstić information content (AvgIpc) is 2.94. The predicted octanol–water partition coefficient (Wildman–Crippen LogP) is 3.93. The van der Waals surface area contributed by atoms with Crippen LogP contribution in [0.15, 0.2) is 18.3 Å². The van der Waals surface area contributed by atoms with Crippen molar-refractivity contribution in [1.82, 2.24) is 4.98 Å². The van der Waals surface area contributed by atoms with Crippen molar-refractivity contribution in [2.75, 3.05) is 17.7 Å². The van der Waals surface area contributed by atoms with Crippen LogP contribution in [0.4, 0.5) is 10.8 Å². The summed E-state index contributed by atoms with van der Waals surface area (Å²) in [5.41, 5.74) is 2.73. The number of fused-ring (bicyclic) bond motifs is 1. The van der Waals surface area contributed by atoms with Crippen molar-refractivity contribution in [1.29, 1.82) is 0 Å². The molecule has 2 heterocycles. The standard InChI is InChI=1S/C17H19N3O2S2/c1-10-6-5-9-18-14(10)19-17(23)20-15-13(16(21)22-2)11-7-3-4-8-12(11)24-15/h5-6,9H,3-4,7-8H2,1-2H3,(H2,18,19,20,23). The van der Waals surface area contributed by atoms with Gasteiger partial charge in [-0.25, -0.2) is 9.78 Å². The van der Waals surface area contributed by atoms with Crippen molar-refractivity contribution in [3.63, 3.8) is 0 Å². The number of hydrogen-bond donors (Lipinski definition) is 2. The topological polar surface area (TPSA) is 63.2 Å². The van der Waals surface area contributed by atoms with Gasteiger partial charge in [-0.3, -0.25) is 0 Å². The maximum absolute atomic E-state index is 12.2. The molecule has 1 aliphatic carbocycles. The van der Waals surface area contributed by atoms with Crippen molar-refractivity contribution < 1.29 is 9.53 Å². The number of thiocarbonyl (C=S) groups is 1. The monoisotopic (exact) mass is 361 g/mol. The molecule has 0 fully saturated rings. The Bertz CT molecular complexity index is 786. The van der Waals surface area contributed by atoms with Crippen LogP contribution >= 0.6 is 23.6 Å². The lowest BCUT2D eigenvalue weighted by Gasteiger charge is -2.13. The fourth-order valence-electron chi connectivity index (χ4n) is 2.83. The van der Waals surface area contributed by atoms with Gasteiger partial charge < -0.3 is 15.4 Å². The van der Waals surface area contributed by atoms with Crippen LogP contribution in [0.3, 0.4) is 0 Å². The zero-order chi connectivity index (χ0) is 17.1. The zero-order valence-corrected chi connectivity index (χ0v) is 15.3. The maximum atomic E-state index is 12.2. The van der Waals surface area contributed by atoms with Crippen LogP contribution in [0.2, 0.25) is 0 Å². The molecule has 0 unspecified atom stereocenters. The van der Waals surface area contributed by atoms with Gasteiger partial charge in [-0.15, -0.1) is 11.3 Å². The summed E-state index contributed by atoms with van der Waals surface area (Å²) in [5, 5.41) is 7.41. The molecule has 24 heavy (non-hydrogen) atoms. The molecular formula is C17H19N3O2S2. The number of thiophene rings is 1. The molecule has 0 atom stereocenters. The minimum atomic E-state index is -0.311. The van der Waals surface area contributed by atoms with Crippen LogP contribution in [0.25, 0.3) is 0 Å². The van der Waals surface area contributed by atoms with Gasteiger partial charge in [0.2, 0.25) is 0 Å². The first-order valence-corrected chi connectivity index (χ1v) is 9.05. The van der Waals surface area contributed by atoms with Crippen LogP contribution in [0.1, 0.15) is 39.2 Å². The zero-order valence-electron chi connectivity index (χ0n) is 13.6. The number of esters is 1. The minimum absolute atomic E-state index is 0.311. The highest BCUT2D eigenvalue weighted by Crippen LogP contribution is 2.38. The lowest BCUT2D eigenvalue weighted by Crippen LogP contribution is -2.21. The molecule has 0 aromatic carbocycles. The molecule has 7 heteroatoms. The Labute approximate surface area is 150 Å². The van der Waals surface area contributed by atoms with E-state index in [0.717, 1.165) is 41.8 Å². The van der Waals surface area contributed by atoms with Gasteiger partial charge in [-0.05, 0) is 62.0 Å². The summed E-state index contributed by atoms with van der Waals surface area (Å²) >= 11 is 6.98. The number of hydrogen-bond acceptors (Lipinski definition) is 5. The summed E-state index contributed by atoms with van der Waals surface area (Å²) in [6, 6.07) is 3.83. The first kappa shape index (κ1) is 16.9. The number of anilines is 2. The predicted molar refractivity (Wildman–Crippen MR) is 101 cm³/mol. The van der Waals surface area contributed by atoms with Crippen LogP contribution < -0.4 is 10.6 Å². The van der Waals surface area contributed by atoms with Crippen molar-refractivity contribution >= 4 is 45.5 Å². The quantitative estimate of drug-likeness (QED) is 0.638. The number of pyridine rings is 1. The van der Waals surface area contributed by atoms with Crippen molar-refractivity contribution in [3.8, 4) is 0 Å². The molecule has 2 aromatic rings. The average molecular weight is 361 g/mol. The fraction of sp³-hybridized carbons (Fsp3) is 0.353. The van der Waals surface area contributed by atoms with E-state index < -0.39 is 0 Å². The molecule has 1 aliphatic rings. The number of methoxy groups -OCH3 is 1. The second-order valence-corrected chi connectivity index (χ2v) is 7.17. The lowest BCUT2D eigenvalue weighted by molar-refractivity contribution is 0.0601. The molecule has 0 saturated heterocycles. The lowest BCUT2D eigenvalue weighted by atomic mass is 9.95. The number of carbonyl (C=O) groups is 1. The summed E-state index contributed by atoms with van der Waals surface area (Å²) in [6.45, 7) is 1.96. The van der Waals surface area contributed by atoms with Crippen molar-refractivity contribution in [3.05, 3.63) is 39.9 Å². The van der Waals surface area contributed by atoms with Gasteiger partial charge in [0, 0.05) is 11.1 Å². The van der Waals surface area contributed by atoms with E-state index in [9.17, 15) is 4.79 Å². The Balaban J connectivity index is 1.84. The number of ether oxygens (including phenoxy) is 1. The first-order valence-electron chi connectivity index (χ1n) is 7.82. The number of aryl methyl sites for hydroxylation is 2. The van der Waals surface area contributed by atoms with E-state index in [2.05, 4.69) is 15.6 Å². The highest BCUT2D eigenvalue weighted by molar-refractivity contribution is 7.80. The van der Waals surface area contributed by atoms with Gasteiger partial charge in [0.25, 0.3) is 0 Å². The smallest absolute Gasteiger partial charge is 0.341 e. The van der Waals surface area contributed by atoms with Gasteiger partial charge in [0.05, 0.1) is 12.7 Å². The van der Waals surface area contributed by atoms with Gasteiger partial charge in [0.15, 0.2) is 5.11 Å². The van der Waals surface area contributed by atoms with Crippen LogP contribution in [0, 0.1) is 6.92 Å². The van der Waals surface area contributed by atoms with Crippen molar-refractivity contribution in [2.45, 2.75) is 32.6 Å². The number of aromatic nitrogens is 1. The third-order valence-electron chi connectivity index (χ3n) is 4.03. The molecular weight excluding hydrogens is 342 g/mol. The van der Waals surface area contributed by atoms with E-state index in [4.69, 9.17) is 17.0 Å². The third-order valence-corrected chi connectivity index (χ3v) is 5.44. The second kappa shape index (κ2) is 7.27. The molecule has 2 aromatic heterocycles. The first-order chi connectivity index (χ1) is 11.6. The molecule has 0 bridgehead atoms. The van der Waals surface area contributed by atoms with Gasteiger partial charge in [-0.1, -0.05) is 6.07 Å². The summed E-state index contributed by atoms with van der Waals surface area (Å²) in [4.78, 5) is 17.8. The molecule has 2 N–H and O–H groups in total. The Kier molecular flexibility index (Phi) is 5.11. The van der Waals surface area contributed by atoms with E-state index in [1.165, 1.54) is 12.0 Å². The summed E-state index contributed by atoms with van der Waals surface area (Å²) in [5.74, 6) is 0.393. The van der Waals surface area contributed by atoms with Crippen LogP contribution in [0.5, 0.6) is 0 Å². The molecule has 126 valence electrons. The number of rotatable bonds is 3. The van der Waals surface area contributed by atoms with E-state index >= 15 is 0 Å². The van der Waals surface area contributed by atoms with Gasteiger partial charge in [0.1, 0.15) is 10.8 Å². The third kappa shape index (κ3) is 3.42. The Morgan fingerprint density at radius 2 is 2.12 bits per heavy atom. The van der Waals surface area contributed by atoms with E-state index in [0.29, 0.717) is 16.5 Å². The minimum Gasteiger partial charge on any atom is -0.465 e. The Morgan fingerprint density at radius 1 is 1.33 bits per heavy atom. The molecule has 0 amide bonds. The summed E-state index contributed by atoms with van der Waals surface area (Å²) in [7, 11) is 1.41. The highest BCUT2D eigenvalue weighted by Gasteiger charge is 2.26. The SMILES string of the molecule is COC(=O)c1c(NC(=S)Nc2ncccc2C)sc2c1CCCC2. The van der Waals surface area contributed by atoms with E-state index in [1.807, 2.05) is 19.1 Å². The summed E-state index contributed by atoms with van der Waals surface area (Å²) < 4.78 is 4.97. The van der Waals surface area contributed by atoms with Crippen LogP contribution in [-0.2, 0) is 17.6 Å². The number of carbonyl (C=O) groups excluding carboxylic acids is 1. The van der Waals surface area contributed by atoms with Gasteiger partial charge in [-0.2, -0.15) is 0 Å². The second-order valence-electron chi connectivity index (χ2n) is 5.65. The Morgan fingerprint density at radius 3 is 2.88 bits per heavy atom. The normalized spacial score (nSPS) is 13.1. The number of nitrogens with zero attached hydrogens (tertiary/aromatic N) is 1. The maximum Gasteiger partial charge on any atom is 0.341 e. The molecule has 0 radical (unpaired) electrons. The summed E-state index contributed by atoms with van der Waals surface area (Å²) in [6.07, 6.45) is 5.89. The van der Waals surface area contributed by atoms with Crippen molar-refractivity contribution in [2.24, 2.45) is 0 Å². The molecule has 0 spiro atoms. The number of nitrogens with one attached hydrogen (secondary N) is 2. The molecule has 0 aliphatic heterocycles. The highest BCUT2D eigenvalue weighted by atomic mass is 32.1. The van der Waals surface area contributed by atoms with E-state index in [-0.39, 0.29) is 5.97 Å². The Hall–Kier alpha value is -1.99. The molecule has 5 nitrogen and oxygen atoms in total. The van der Waals surface area contributed by atoms with Crippen LogP contribution in [-0.4, -0.2) is 23.2 Å². The molecule has 3 rings (SSSR count). The van der Waals surface area contributed by atoms with Gasteiger partial charge >= 0.3 is 5.97 Å². The fourth-order valence-corrected chi connectivity index (χ4v) is 4.38. The largest absolute Gasteiger partial charge is 0.465 e.